The summed E-state index contributed by atoms with van der Waals surface area (Å²) in [5.41, 5.74) is 4.54. The molecule has 0 spiro atoms. The van der Waals surface area contributed by atoms with E-state index in [0.717, 1.165) is 0 Å². The van der Waals surface area contributed by atoms with Gasteiger partial charge in [0, 0.05) is 169 Å². The highest BCUT2D eigenvalue weighted by Crippen LogP contribution is 2.42. The van der Waals surface area contributed by atoms with E-state index in [4.69, 9.17) is 118 Å². The molecule has 0 radical (unpaired) electrons. The fraction of sp³-hybridized carbons (Fsp3) is 0.427. The standard InChI is InChI=1S/C26H30Cl2N4O5S.C25H26Cl2N4O6S.C24H26Cl2N4O5S/c1-14(2)23-19(6-7-20(33)34)32(9-10-37-23)13-18-21(26(35)36-3)22(16-5-4-15(27)12-17(16)28)31-24(30-18)25-29-8-11-38-25;1-36-25(35)21-19(13-31-7-8-37-16(12-31)4-3-15(32)11-20(33)34)29-23(24-28-6-9-38-24)30-22(21)17-5-2-14(26)10-18(17)27;1-13(23(31)32)9-15-12-35-7-6-30(15)11-18-19(24(33)34-2)20(16-4-3-14(25)10-17(16)26)29-21(28-18)22-27-5-8-36-22/h4-5,8,11-12,14,19,22-23H,6-7,9-10,13H2,1-3H3,(H,30,31)(H,33,34);2,5-6,9-10,16,22H,3-4,7-8,11-13H2,1H3,(H,29,30)(H,33,34);3-5,8,10,13,15,20H,6-7,9,11-12H2,1-2H3,(H,28,29)(H,31,32)/t19-,22+,23-;16-,22+;13?,15-,20+/m111/s1. The lowest BCUT2D eigenvalue weighted by Gasteiger charge is -2.44. The number of hydrogen-bond donors (Lipinski definition) is 6. The van der Waals surface area contributed by atoms with Crippen LogP contribution in [0.15, 0.2) is 138 Å². The van der Waals surface area contributed by atoms with Crippen LogP contribution in [0.25, 0.3) is 0 Å². The average Bonchev–Trinajstić information content (AvgIpc) is 1.26. The smallest absolute Gasteiger partial charge is 0.338 e. The van der Waals surface area contributed by atoms with E-state index in [-0.39, 0.29) is 48.8 Å². The van der Waals surface area contributed by atoms with Crippen molar-refractivity contribution in [3.63, 3.8) is 0 Å². The van der Waals surface area contributed by atoms with E-state index in [1.165, 1.54) is 55.3 Å². The van der Waals surface area contributed by atoms with Gasteiger partial charge in [-0.15, -0.1) is 34.0 Å². The van der Waals surface area contributed by atoms with E-state index in [2.05, 4.69) is 59.4 Å². The number of amidine groups is 3. The number of nitrogens with one attached hydrogen (secondary N) is 3. The summed E-state index contributed by atoms with van der Waals surface area (Å²) >= 11 is 42.3. The van der Waals surface area contributed by atoms with Gasteiger partial charge in [-0.3, -0.25) is 48.9 Å². The molecule has 28 nitrogen and oxygen atoms in total. The Morgan fingerprint density at radius 2 is 0.991 bits per heavy atom. The number of methoxy groups -OCH3 is 3. The van der Waals surface area contributed by atoms with Gasteiger partial charge in [-0.05, 0) is 61.6 Å². The quantitative estimate of drug-likeness (QED) is 0.0158. The first-order chi connectivity index (χ1) is 53.7. The van der Waals surface area contributed by atoms with Crippen LogP contribution in [-0.4, -0.2) is 222 Å². The molecular weight excluding hydrogens is 1630 g/mol. The Kier molecular flexibility index (Phi) is 31.7. The summed E-state index contributed by atoms with van der Waals surface area (Å²) in [6.07, 6.45) is 5.51. The molecule has 6 aliphatic rings. The number of nitrogens with zero attached hydrogens (tertiary/aromatic N) is 9. The van der Waals surface area contributed by atoms with Gasteiger partial charge < -0.3 is 59.7 Å². The normalized spacial score (nSPS) is 21.3. The second kappa shape index (κ2) is 41.0. The number of aromatic nitrogens is 3. The summed E-state index contributed by atoms with van der Waals surface area (Å²) in [6.45, 7) is 10.9. The monoisotopic (exact) mass is 1710 g/mol. The summed E-state index contributed by atoms with van der Waals surface area (Å²) in [4.78, 5) is 119. The van der Waals surface area contributed by atoms with Crippen LogP contribution in [0.3, 0.4) is 0 Å². The fourth-order valence-electron chi connectivity index (χ4n) is 13.6. The van der Waals surface area contributed by atoms with Crippen LogP contribution in [0.2, 0.25) is 30.1 Å². The molecule has 598 valence electrons. The fourth-order valence-corrected chi connectivity index (χ4v) is 16.9. The number of carbonyl (C=O) groups is 7. The molecule has 0 amide bonds. The molecular formula is C75H82Cl6N12O16S3. The summed E-state index contributed by atoms with van der Waals surface area (Å²) < 4.78 is 33.1. The number of benzene rings is 3. The van der Waals surface area contributed by atoms with Crippen molar-refractivity contribution in [1.29, 1.82) is 0 Å². The van der Waals surface area contributed by atoms with Gasteiger partial charge in [0.1, 0.15) is 30.3 Å². The van der Waals surface area contributed by atoms with Crippen LogP contribution in [-0.2, 0) is 62.0 Å². The van der Waals surface area contributed by atoms with E-state index in [9.17, 15) is 43.8 Å². The van der Waals surface area contributed by atoms with Crippen LogP contribution in [0.1, 0.15) is 109 Å². The second-order valence-corrected chi connectivity index (χ2v) is 32.0. The Labute approximate surface area is 687 Å². The van der Waals surface area contributed by atoms with Crippen molar-refractivity contribution in [2.45, 2.75) is 102 Å². The van der Waals surface area contributed by atoms with Gasteiger partial charge in [0.2, 0.25) is 0 Å². The first-order valence-corrected chi connectivity index (χ1v) is 40.4. The van der Waals surface area contributed by atoms with Crippen molar-refractivity contribution in [3.05, 3.63) is 185 Å². The molecule has 8 atom stereocenters. The first kappa shape index (κ1) is 86.6. The van der Waals surface area contributed by atoms with E-state index >= 15 is 0 Å². The van der Waals surface area contributed by atoms with E-state index in [1.54, 1.807) is 80.1 Å². The molecule has 3 aromatic carbocycles. The summed E-state index contributed by atoms with van der Waals surface area (Å²) in [7, 11) is 3.96. The zero-order valence-electron chi connectivity index (χ0n) is 61.5. The highest BCUT2D eigenvalue weighted by atomic mass is 35.5. The van der Waals surface area contributed by atoms with Gasteiger partial charge in [-0.2, -0.15) is 0 Å². The number of thiazole rings is 3. The number of hydrogen-bond acceptors (Lipinski definition) is 28. The van der Waals surface area contributed by atoms with Crippen LogP contribution in [0, 0.1) is 11.8 Å². The van der Waals surface area contributed by atoms with Gasteiger partial charge in [-0.1, -0.05) is 109 Å². The molecule has 0 bridgehead atoms. The largest absolute Gasteiger partial charge is 0.481 e. The highest BCUT2D eigenvalue weighted by molar-refractivity contribution is 7.12. The van der Waals surface area contributed by atoms with Gasteiger partial charge in [0.25, 0.3) is 0 Å². The van der Waals surface area contributed by atoms with Crippen LogP contribution < -0.4 is 16.0 Å². The zero-order chi connectivity index (χ0) is 80.4. The van der Waals surface area contributed by atoms with Crippen LogP contribution in [0.4, 0.5) is 0 Å². The number of Topliss-reactive ketones (excluding diaryl/α,β-unsaturated/α-hetero) is 1. The van der Waals surface area contributed by atoms with E-state index < -0.39 is 66.3 Å². The molecule has 1 unspecified atom stereocenters. The Morgan fingerprint density at radius 3 is 1.39 bits per heavy atom. The van der Waals surface area contributed by atoms with Crippen molar-refractivity contribution in [2.24, 2.45) is 26.8 Å². The van der Waals surface area contributed by atoms with Crippen molar-refractivity contribution < 1.29 is 77.3 Å². The predicted octanol–water partition coefficient (Wildman–Crippen LogP) is 11.8. The third kappa shape index (κ3) is 22.6. The number of carboxylic acids is 3. The minimum atomic E-state index is -1.14. The number of carbonyl (C=O) groups excluding carboxylic acids is 4. The van der Waals surface area contributed by atoms with Gasteiger partial charge in [0.05, 0.1) is 82.6 Å². The number of ketones is 1. The van der Waals surface area contributed by atoms with Gasteiger partial charge >= 0.3 is 35.8 Å². The van der Waals surface area contributed by atoms with Crippen molar-refractivity contribution >= 4 is 163 Å². The van der Waals surface area contributed by atoms with Crippen LogP contribution >= 0.6 is 104 Å². The molecule has 12 rings (SSSR count). The molecule has 112 heavy (non-hydrogen) atoms. The average molecular weight is 1720 g/mol. The van der Waals surface area contributed by atoms with Crippen molar-refractivity contribution in [3.8, 4) is 0 Å². The number of esters is 3. The van der Waals surface area contributed by atoms with E-state index in [0.29, 0.717) is 205 Å². The van der Waals surface area contributed by atoms with Crippen LogP contribution in [0.5, 0.6) is 0 Å². The number of rotatable bonds is 27. The molecule has 3 fully saturated rings. The number of halogens is 6. The lowest BCUT2D eigenvalue weighted by Crippen LogP contribution is -2.55. The summed E-state index contributed by atoms with van der Waals surface area (Å²) in [5.74, 6) is -3.67. The maximum Gasteiger partial charge on any atom is 0.338 e. The Hall–Kier alpha value is -7.83. The number of ether oxygens (including phenoxy) is 6. The third-order valence-corrected chi connectivity index (χ3v) is 23.0. The van der Waals surface area contributed by atoms with Gasteiger partial charge in [0.15, 0.2) is 32.5 Å². The molecule has 0 saturated carbocycles. The maximum atomic E-state index is 13.3. The predicted molar refractivity (Wildman–Crippen MR) is 427 cm³/mol. The topological polar surface area (TPSA) is 357 Å². The zero-order valence-corrected chi connectivity index (χ0v) is 68.5. The van der Waals surface area contributed by atoms with E-state index in [1.807, 2.05) is 16.1 Å². The highest BCUT2D eigenvalue weighted by Gasteiger charge is 2.42. The summed E-state index contributed by atoms with van der Waals surface area (Å²) in [5, 5.41) is 47.6. The lowest BCUT2D eigenvalue weighted by atomic mass is 9.91. The molecule has 3 aromatic heterocycles. The van der Waals surface area contributed by atoms with Gasteiger partial charge in [-0.25, -0.2) is 29.3 Å². The molecule has 37 heteroatoms. The summed E-state index contributed by atoms with van der Waals surface area (Å²) in [6, 6.07) is 12.6. The molecule has 6 aromatic rings. The molecule has 9 heterocycles. The number of aliphatic carboxylic acids is 3. The number of aliphatic imine (C=N–C) groups is 3. The molecule has 6 aliphatic heterocycles. The van der Waals surface area contributed by atoms with Crippen molar-refractivity contribution in [1.82, 2.24) is 45.6 Å². The Bertz CT molecular complexity index is 4590. The first-order valence-electron chi connectivity index (χ1n) is 35.4. The number of carboxylic acid groups (broad SMARTS) is 3. The minimum Gasteiger partial charge on any atom is -0.481 e. The Balaban J connectivity index is 0.000000178. The minimum absolute atomic E-state index is 0.0128. The van der Waals surface area contributed by atoms with Crippen molar-refractivity contribution in [2.75, 3.05) is 93.6 Å². The molecule has 3 saturated heterocycles. The Morgan fingerprint density at radius 1 is 0.554 bits per heavy atom. The maximum absolute atomic E-state index is 13.3. The molecule has 0 aliphatic carbocycles. The SMILES string of the molecule is COC(=O)C1=C(CN2CCOC[C@H]2CC(C)C(=O)O)NC(c2nccs2)=N[C@H]1c1ccc(Cl)cc1Cl.COC(=O)C1=C(CN2CCO[C@H](C(C)C)[C@H]2CCC(=O)O)NC(c2nccs2)=N[C@H]1c1ccc(Cl)cc1Cl.COC(=O)C1=C(CN2CCO[C@H](CCC(=O)CC(=O)O)C2)NC(c2nccs2)=N[C@H]1c1ccc(Cl)cc1Cl. The number of morpholine rings is 3. The lowest BCUT2D eigenvalue weighted by molar-refractivity contribution is -0.143. The second-order valence-electron chi connectivity index (χ2n) is 26.8. The third-order valence-electron chi connectivity index (χ3n) is 18.9. The molecule has 6 N–H and O–H groups in total.